The summed E-state index contributed by atoms with van der Waals surface area (Å²) in [5, 5.41) is 0. The SMILES string of the molecule is C=CC#Cc1ccc(CC(N)C(=O)OC(C)(C)C)cc1. The van der Waals surface area contributed by atoms with Crippen molar-refractivity contribution in [2.75, 3.05) is 0 Å². The van der Waals surface area contributed by atoms with Crippen LogP contribution in [-0.2, 0) is 16.0 Å². The first-order valence-corrected chi connectivity index (χ1v) is 6.51. The second kappa shape index (κ2) is 6.93. The molecule has 0 aromatic heterocycles. The number of ether oxygens (including phenoxy) is 1. The van der Waals surface area contributed by atoms with Gasteiger partial charge in [-0.3, -0.25) is 4.79 Å². The summed E-state index contributed by atoms with van der Waals surface area (Å²) in [5.74, 6) is 5.34. The Hall–Kier alpha value is -2.05. The lowest BCUT2D eigenvalue weighted by atomic mass is 10.0. The number of esters is 1. The molecule has 1 unspecified atom stereocenters. The van der Waals surface area contributed by atoms with Crippen LogP contribution in [0.25, 0.3) is 0 Å². The van der Waals surface area contributed by atoms with E-state index in [1.807, 2.05) is 45.0 Å². The minimum Gasteiger partial charge on any atom is -0.459 e. The monoisotopic (exact) mass is 271 g/mol. The molecule has 106 valence electrons. The highest BCUT2D eigenvalue weighted by atomic mass is 16.6. The maximum absolute atomic E-state index is 11.8. The van der Waals surface area contributed by atoms with Crippen LogP contribution in [0, 0.1) is 11.8 Å². The maximum Gasteiger partial charge on any atom is 0.323 e. The van der Waals surface area contributed by atoms with Gasteiger partial charge in [-0.1, -0.05) is 30.6 Å². The molecule has 0 radical (unpaired) electrons. The molecular weight excluding hydrogens is 250 g/mol. The number of rotatable bonds is 3. The van der Waals surface area contributed by atoms with E-state index in [9.17, 15) is 4.79 Å². The van der Waals surface area contributed by atoms with Crippen LogP contribution in [0.15, 0.2) is 36.9 Å². The standard InChI is InChI=1S/C17H21NO2/c1-5-6-7-13-8-10-14(11-9-13)12-15(18)16(19)20-17(2,3)4/h5,8-11,15H,1,12,18H2,2-4H3. The zero-order valence-electron chi connectivity index (χ0n) is 12.3. The summed E-state index contributed by atoms with van der Waals surface area (Å²) >= 11 is 0. The molecule has 3 nitrogen and oxygen atoms in total. The van der Waals surface area contributed by atoms with Gasteiger partial charge < -0.3 is 10.5 Å². The van der Waals surface area contributed by atoms with Crippen molar-refractivity contribution in [1.29, 1.82) is 0 Å². The molecular formula is C17H21NO2. The summed E-state index contributed by atoms with van der Waals surface area (Å²) in [6.07, 6.45) is 2.00. The van der Waals surface area contributed by atoms with Crippen molar-refractivity contribution >= 4 is 5.97 Å². The van der Waals surface area contributed by atoms with Gasteiger partial charge in [0.05, 0.1) is 0 Å². The normalized spacial score (nSPS) is 12.0. The van der Waals surface area contributed by atoms with E-state index in [4.69, 9.17) is 10.5 Å². The van der Waals surface area contributed by atoms with Crippen molar-refractivity contribution in [3.8, 4) is 11.8 Å². The van der Waals surface area contributed by atoms with Crippen LogP contribution in [0.3, 0.4) is 0 Å². The predicted molar refractivity (Wildman–Crippen MR) is 81.0 cm³/mol. The first-order chi connectivity index (χ1) is 9.31. The second-order valence-corrected chi connectivity index (χ2v) is 5.51. The minimum absolute atomic E-state index is 0.381. The molecule has 0 spiro atoms. The molecule has 3 heteroatoms. The Labute approximate surface area is 120 Å². The number of carbonyl (C=O) groups excluding carboxylic acids is 1. The topological polar surface area (TPSA) is 52.3 Å². The van der Waals surface area contributed by atoms with Crippen LogP contribution in [0.4, 0.5) is 0 Å². The number of hydrogen-bond donors (Lipinski definition) is 1. The first-order valence-electron chi connectivity index (χ1n) is 6.51. The summed E-state index contributed by atoms with van der Waals surface area (Å²) < 4.78 is 5.25. The van der Waals surface area contributed by atoms with Crippen LogP contribution in [-0.4, -0.2) is 17.6 Å². The van der Waals surface area contributed by atoms with Gasteiger partial charge in [0.25, 0.3) is 0 Å². The molecule has 0 heterocycles. The van der Waals surface area contributed by atoms with Crippen LogP contribution in [0.2, 0.25) is 0 Å². The minimum atomic E-state index is -0.653. The van der Waals surface area contributed by atoms with Gasteiger partial charge in [0.15, 0.2) is 0 Å². The Morgan fingerprint density at radius 2 is 2.00 bits per heavy atom. The molecule has 0 aliphatic rings. The molecule has 0 saturated heterocycles. The molecule has 0 aliphatic heterocycles. The summed E-state index contributed by atoms with van der Waals surface area (Å²) in [6, 6.07) is 6.97. The van der Waals surface area contributed by atoms with Gasteiger partial charge in [0, 0.05) is 5.56 Å². The lowest BCUT2D eigenvalue weighted by Crippen LogP contribution is -2.38. The zero-order chi connectivity index (χ0) is 15.2. The van der Waals surface area contributed by atoms with Crippen molar-refractivity contribution in [1.82, 2.24) is 0 Å². The van der Waals surface area contributed by atoms with Gasteiger partial charge in [-0.05, 0) is 51.0 Å². The Balaban J connectivity index is 2.64. The maximum atomic E-state index is 11.8. The molecule has 20 heavy (non-hydrogen) atoms. The molecule has 0 fully saturated rings. The first kappa shape index (κ1) is 16.0. The van der Waals surface area contributed by atoms with Gasteiger partial charge in [-0.2, -0.15) is 0 Å². The molecule has 1 rings (SSSR count). The fraction of sp³-hybridized carbons (Fsp3) is 0.353. The number of carbonyl (C=O) groups is 1. The van der Waals surface area contributed by atoms with E-state index < -0.39 is 11.6 Å². The molecule has 1 aromatic rings. The lowest BCUT2D eigenvalue weighted by molar-refractivity contribution is -0.156. The molecule has 0 amide bonds. The average molecular weight is 271 g/mol. The van der Waals surface area contributed by atoms with Crippen molar-refractivity contribution in [3.05, 3.63) is 48.0 Å². The van der Waals surface area contributed by atoms with Crippen molar-refractivity contribution in [2.45, 2.75) is 38.8 Å². The van der Waals surface area contributed by atoms with Gasteiger partial charge >= 0.3 is 5.97 Å². The van der Waals surface area contributed by atoms with Gasteiger partial charge in [0.1, 0.15) is 11.6 Å². The van der Waals surface area contributed by atoms with Gasteiger partial charge in [-0.15, -0.1) is 0 Å². The Kier molecular flexibility index (Phi) is 5.54. The lowest BCUT2D eigenvalue weighted by Gasteiger charge is -2.22. The number of allylic oxidation sites excluding steroid dienone is 1. The Bertz CT molecular complexity index is 527. The summed E-state index contributed by atoms with van der Waals surface area (Å²) in [4.78, 5) is 11.8. The van der Waals surface area contributed by atoms with Crippen molar-refractivity contribution in [2.24, 2.45) is 5.73 Å². The smallest absolute Gasteiger partial charge is 0.323 e. The Morgan fingerprint density at radius 1 is 1.40 bits per heavy atom. The predicted octanol–water partition coefficient (Wildman–Crippen LogP) is 2.44. The summed E-state index contributed by atoms with van der Waals surface area (Å²) in [7, 11) is 0. The third-order valence-corrected chi connectivity index (χ3v) is 2.44. The Morgan fingerprint density at radius 3 is 2.50 bits per heavy atom. The molecule has 1 aromatic carbocycles. The number of hydrogen-bond acceptors (Lipinski definition) is 3. The van der Waals surface area contributed by atoms with E-state index in [1.54, 1.807) is 6.08 Å². The van der Waals surface area contributed by atoms with E-state index in [-0.39, 0.29) is 5.97 Å². The third kappa shape index (κ3) is 5.73. The summed E-state index contributed by atoms with van der Waals surface area (Å²) in [6.45, 7) is 9.01. The van der Waals surface area contributed by atoms with Gasteiger partial charge in [-0.25, -0.2) is 0 Å². The fourth-order valence-electron chi connectivity index (χ4n) is 1.57. The zero-order valence-corrected chi connectivity index (χ0v) is 12.3. The molecule has 0 aliphatic carbocycles. The number of benzene rings is 1. The largest absolute Gasteiger partial charge is 0.459 e. The van der Waals surface area contributed by atoms with E-state index in [1.165, 1.54) is 0 Å². The molecule has 0 saturated carbocycles. The summed E-state index contributed by atoms with van der Waals surface area (Å²) in [5.41, 5.74) is 7.23. The van der Waals surface area contributed by atoms with Crippen LogP contribution in [0.1, 0.15) is 31.9 Å². The molecule has 0 bridgehead atoms. The fourth-order valence-corrected chi connectivity index (χ4v) is 1.57. The highest BCUT2D eigenvalue weighted by Crippen LogP contribution is 2.11. The van der Waals surface area contributed by atoms with Gasteiger partial charge in [0.2, 0.25) is 0 Å². The van der Waals surface area contributed by atoms with E-state index in [0.29, 0.717) is 6.42 Å². The van der Waals surface area contributed by atoms with E-state index in [0.717, 1.165) is 11.1 Å². The average Bonchev–Trinajstić information content (AvgIpc) is 2.36. The van der Waals surface area contributed by atoms with Crippen molar-refractivity contribution in [3.63, 3.8) is 0 Å². The third-order valence-electron chi connectivity index (χ3n) is 2.44. The highest BCUT2D eigenvalue weighted by molar-refractivity contribution is 5.76. The van der Waals surface area contributed by atoms with Crippen LogP contribution >= 0.6 is 0 Å². The molecule has 1 atom stereocenters. The second-order valence-electron chi connectivity index (χ2n) is 5.51. The van der Waals surface area contributed by atoms with Crippen LogP contribution in [0.5, 0.6) is 0 Å². The highest BCUT2D eigenvalue weighted by Gasteiger charge is 2.22. The quantitative estimate of drug-likeness (QED) is 0.678. The van der Waals surface area contributed by atoms with E-state index >= 15 is 0 Å². The number of nitrogens with two attached hydrogens (primary N) is 1. The van der Waals surface area contributed by atoms with Crippen LogP contribution < -0.4 is 5.73 Å². The van der Waals surface area contributed by atoms with E-state index in [2.05, 4.69) is 18.4 Å². The van der Waals surface area contributed by atoms with Crippen molar-refractivity contribution < 1.29 is 9.53 Å². The molecule has 2 N–H and O–H groups in total.